The Hall–Kier alpha value is -2.99. The number of amides is 1. The first-order valence-electron chi connectivity index (χ1n) is 7.09. The molecule has 0 atom stereocenters. The van der Waals surface area contributed by atoms with Crippen molar-refractivity contribution in [1.29, 1.82) is 10.5 Å². The van der Waals surface area contributed by atoms with Crippen molar-refractivity contribution in [3.63, 3.8) is 0 Å². The number of ether oxygens (including phenoxy) is 2. The lowest BCUT2D eigenvalue weighted by molar-refractivity contribution is -0.125. The van der Waals surface area contributed by atoms with Crippen molar-refractivity contribution < 1.29 is 14.3 Å². The minimum atomic E-state index is -0.242. The van der Waals surface area contributed by atoms with Crippen LogP contribution in [0.25, 0.3) is 6.08 Å². The Morgan fingerprint density at radius 3 is 2.35 bits per heavy atom. The molecule has 6 nitrogen and oxygen atoms in total. The topological polar surface area (TPSA) is 86.4 Å². The quantitative estimate of drug-likeness (QED) is 0.688. The normalized spacial score (nSPS) is 9.91. The average Bonchev–Trinajstić information content (AvgIpc) is 2.59. The number of methoxy groups -OCH3 is 2. The molecule has 0 fully saturated rings. The summed E-state index contributed by atoms with van der Waals surface area (Å²) in [5, 5.41) is 17.3. The second kappa shape index (κ2) is 9.86. The van der Waals surface area contributed by atoms with Gasteiger partial charge in [0.1, 0.15) is 11.5 Å². The van der Waals surface area contributed by atoms with Gasteiger partial charge < -0.3 is 14.4 Å². The molecule has 23 heavy (non-hydrogen) atoms. The fourth-order valence-electron chi connectivity index (χ4n) is 1.92. The van der Waals surface area contributed by atoms with Crippen molar-refractivity contribution in [3.05, 3.63) is 29.8 Å². The van der Waals surface area contributed by atoms with Crippen molar-refractivity contribution in [3.8, 4) is 23.6 Å². The Morgan fingerprint density at radius 1 is 1.17 bits per heavy atom. The molecule has 0 unspecified atom stereocenters. The van der Waals surface area contributed by atoms with Crippen LogP contribution in [0, 0.1) is 22.7 Å². The molecule has 1 amide bonds. The molecule has 0 spiro atoms. The van der Waals surface area contributed by atoms with Gasteiger partial charge >= 0.3 is 0 Å². The lowest BCUT2D eigenvalue weighted by atomic mass is 10.1. The third-order valence-corrected chi connectivity index (χ3v) is 3.14. The highest BCUT2D eigenvalue weighted by atomic mass is 16.5. The lowest BCUT2D eigenvalue weighted by Gasteiger charge is -2.18. The summed E-state index contributed by atoms with van der Waals surface area (Å²) in [6.07, 6.45) is 3.53. The maximum Gasteiger partial charge on any atom is 0.246 e. The van der Waals surface area contributed by atoms with Crippen LogP contribution in [0.4, 0.5) is 0 Å². The molecule has 0 radical (unpaired) electrons. The van der Waals surface area contributed by atoms with Crippen LogP contribution in [0.2, 0.25) is 0 Å². The van der Waals surface area contributed by atoms with Crippen LogP contribution in [-0.4, -0.2) is 38.1 Å². The molecule has 1 aromatic rings. The summed E-state index contributed by atoms with van der Waals surface area (Å²) in [6.45, 7) is 0.613. The summed E-state index contributed by atoms with van der Waals surface area (Å²) >= 11 is 0. The zero-order chi connectivity index (χ0) is 17.1. The lowest BCUT2D eigenvalue weighted by Crippen LogP contribution is -2.31. The largest absolute Gasteiger partial charge is 0.497 e. The number of rotatable bonds is 8. The van der Waals surface area contributed by atoms with Gasteiger partial charge in [-0.25, -0.2) is 0 Å². The van der Waals surface area contributed by atoms with Crippen LogP contribution in [-0.2, 0) is 4.79 Å². The summed E-state index contributed by atoms with van der Waals surface area (Å²) in [5.74, 6) is 1.01. The number of carbonyl (C=O) groups is 1. The standard InChI is InChI=1S/C17H19N3O3/c1-22-15-7-5-14(16(13-15)23-2)6-8-17(21)20(11-3-9-18)12-4-10-19/h5-8,13H,3-4,11-12H2,1-2H3/b8-6+. The van der Waals surface area contributed by atoms with E-state index >= 15 is 0 Å². The Balaban J connectivity index is 2.86. The SMILES string of the molecule is COc1ccc(/C=C/C(=O)N(CCC#N)CCC#N)c(OC)c1. The number of nitrogens with zero attached hydrogens (tertiary/aromatic N) is 3. The van der Waals surface area contributed by atoms with Gasteiger partial charge in [-0.2, -0.15) is 10.5 Å². The van der Waals surface area contributed by atoms with E-state index in [0.29, 0.717) is 24.6 Å². The van der Waals surface area contributed by atoms with Crippen molar-refractivity contribution >= 4 is 12.0 Å². The zero-order valence-electron chi connectivity index (χ0n) is 13.3. The summed E-state index contributed by atoms with van der Waals surface area (Å²) < 4.78 is 10.4. The molecule has 6 heteroatoms. The highest BCUT2D eigenvalue weighted by Gasteiger charge is 2.10. The fraction of sp³-hybridized carbons (Fsp3) is 0.353. The van der Waals surface area contributed by atoms with Gasteiger partial charge in [-0.3, -0.25) is 4.79 Å². The van der Waals surface area contributed by atoms with E-state index in [2.05, 4.69) is 0 Å². The van der Waals surface area contributed by atoms with E-state index in [-0.39, 0.29) is 18.7 Å². The molecule has 1 rings (SSSR count). The summed E-state index contributed by atoms with van der Waals surface area (Å²) in [6, 6.07) is 9.29. The van der Waals surface area contributed by atoms with E-state index in [1.54, 1.807) is 38.5 Å². The van der Waals surface area contributed by atoms with Crippen LogP contribution in [0.1, 0.15) is 18.4 Å². The van der Waals surface area contributed by atoms with Crippen molar-refractivity contribution in [1.82, 2.24) is 4.90 Å². The van der Waals surface area contributed by atoms with E-state index in [0.717, 1.165) is 5.56 Å². The van der Waals surface area contributed by atoms with Gasteiger partial charge in [0, 0.05) is 30.8 Å². The summed E-state index contributed by atoms with van der Waals surface area (Å²) in [5.41, 5.74) is 0.738. The third kappa shape index (κ3) is 5.72. The number of carbonyl (C=O) groups excluding carboxylic acids is 1. The second-order valence-electron chi connectivity index (χ2n) is 4.58. The van der Waals surface area contributed by atoms with Crippen LogP contribution in [0.5, 0.6) is 11.5 Å². The van der Waals surface area contributed by atoms with Crippen molar-refractivity contribution in [2.75, 3.05) is 27.3 Å². The Labute approximate surface area is 136 Å². The molecule has 0 N–H and O–H groups in total. The van der Waals surface area contributed by atoms with Gasteiger partial charge in [0.05, 0.1) is 39.2 Å². The van der Waals surface area contributed by atoms with Crippen molar-refractivity contribution in [2.24, 2.45) is 0 Å². The van der Waals surface area contributed by atoms with E-state index in [1.807, 2.05) is 12.1 Å². The molecule has 0 saturated heterocycles. The number of nitriles is 2. The maximum absolute atomic E-state index is 12.2. The maximum atomic E-state index is 12.2. The van der Waals surface area contributed by atoms with E-state index in [1.165, 1.54) is 11.0 Å². The van der Waals surface area contributed by atoms with Crippen molar-refractivity contribution in [2.45, 2.75) is 12.8 Å². The smallest absolute Gasteiger partial charge is 0.246 e. The molecule has 0 aliphatic rings. The summed E-state index contributed by atoms with van der Waals surface area (Å²) in [4.78, 5) is 13.7. The molecule has 0 aromatic heterocycles. The molecular formula is C17H19N3O3. The fourth-order valence-corrected chi connectivity index (χ4v) is 1.92. The predicted molar refractivity (Wildman–Crippen MR) is 85.6 cm³/mol. The molecule has 120 valence electrons. The molecular weight excluding hydrogens is 294 g/mol. The number of hydrogen-bond donors (Lipinski definition) is 0. The van der Waals surface area contributed by atoms with Gasteiger partial charge in [-0.15, -0.1) is 0 Å². The molecule has 0 bridgehead atoms. The highest BCUT2D eigenvalue weighted by molar-refractivity contribution is 5.92. The third-order valence-electron chi connectivity index (χ3n) is 3.14. The van der Waals surface area contributed by atoms with Gasteiger partial charge in [0.15, 0.2) is 0 Å². The Morgan fingerprint density at radius 2 is 1.83 bits per heavy atom. The van der Waals surface area contributed by atoms with E-state index in [4.69, 9.17) is 20.0 Å². The molecule has 0 heterocycles. The van der Waals surface area contributed by atoms with Gasteiger partial charge in [-0.1, -0.05) is 0 Å². The molecule has 0 aliphatic heterocycles. The first kappa shape index (κ1) is 18.1. The first-order chi connectivity index (χ1) is 11.2. The van der Waals surface area contributed by atoms with Gasteiger partial charge in [0.25, 0.3) is 0 Å². The number of benzene rings is 1. The van der Waals surface area contributed by atoms with E-state index < -0.39 is 0 Å². The second-order valence-corrected chi connectivity index (χ2v) is 4.58. The molecule has 0 aliphatic carbocycles. The minimum absolute atomic E-state index is 0.233. The van der Waals surface area contributed by atoms with Crippen LogP contribution >= 0.6 is 0 Å². The number of hydrogen-bond acceptors (Lipinski definition) is 5. The van der Waals surface area contributed by atoms with Crippen LogP contribution in [0.15, 0.2) is 24.3 Å². The van der Waals surface area contributed by atoms with Crippen LogP contribution in [0.3, 0.4) is 0 Å². The Kier molecular flexibility index (Phi) is 7.74. The van der Waals surface area contributed by atoms with E-state index in [9.17, 15) is 4.79 Å². The van der Waals surface area contributed by atoms with Crippen LogP contribution < -0.4 is 9.47 Å². The minimum Gasteiger partial charge on any atom is -0.497 e. The molecule has 1 aromatic carbocycles. The Bertz CT molecular complexity index is 623. The summed E-state index contributed by atoms with van der Waals surface area (Å²) in [7, 11) is 3.11. The highest BCUT2D eigenvalue weighted by Crippen LogP contribution is 2.25. The average molecular weight is 313 g/mol. The molecule has 0 saturated carbocycles. The predicted octanol–water partition coefficient (Wildman–Crippen LogP) is 2.37. The zero-order valence-corrected chi connectivity index (χ0v) is 13.3. The monoisotopic (exact) mass is 313 g/mol. The first-order valence-corrected chi connectivity index (χ1v) is 7.09. The van der Waals surface area contributed by atoms with Gasteiger partial charge in [-0.05, 0) is 18.2 Å². The van der Waals surface area contributed by atoms with Gasteiger partial charge in [0.2, 0.25) is 5.91 Å².